The number of aliphatic hydroxyl groups excluding tert-OH is 1. The number of aliphatic hydroxyl groups is 1. The van der Waals surface area contributed by atoms with Gasteiger partial charge >= 0.3 is 0 Å². The molecular formula is C12H18F2O. The Morgan fingerprint density at radius 3 is 2.80 bits per heavy atom. The molecule has 0 aliphatic heterocycles. The summed E-state index contributed by atoms with van der Waals surface area (Å²) in [6.45, 7) is 1.97. The monoisotopic (exact) mass is 216 g/mol. The van der Waals surface area contributed by atoms with E-state index in [0.29, 0.717) is 30.8 Å². The van der Waals surface area contributed by atoms with Crippen LogP contribution < -0.4 is 0 Å². The maximum absolute atomic E-state index is 13.6. The van der Waals surface area contributed by atoms with E-state index in [4.69, 9.17) is 5.11 Å². The standard InChI is InChI=1S/C12H18F2O/c1-8-10-6-9(3-5-15)2-4-12(13,14)11(8)7-10/h9-10,15H,2-7H2,1H3. The Kier molecular flexibility index (Phi) is 2.84. The van der Waals surface area contributed by atoms with Gasteiger partial charge in [0.2, 0.25) is 0 Å². The number of hydrogen-bond donors (Lipinski definition) is 1. The molecule has 1 nitrogen and oxygen atoms in total. The Morgan fingerprint density at radius 1 is 1.47 bits per heavy atom. The van der Waals surface area contributed by atoms with Crippen molar-refractivity contribution in [1.29, 1.82) is 0 Å². The Hall–Kier alpha value is -0.440. The zero-order valence-electron chi connectivity index (χ0n) is 9.10. The lowest BCUT2D eigenvalue weighted by Gasteiger charge is -2.41. The normalized spacial score (nSPS) is 34.4. The van der Waals surface area contributed by atoms with Crippen molar-refractivity contribution in [3.05, 3.63) is 11.1 Å². The van der Waals surface area contributed by atoms with E-state index >= 15 is 0 Å². The van der Waals surface area contributed by atoms with Crippen LogP contribution in [0.1, 0.15) is 39.0 Å². The molecule has 2 atom stereocenters. The summed E-state index contributed by atoms with van der Waals surface area (Å²) in [6.07, 6.45) is 2.78. The molecule has 1 saturated carbocycles. The minimum atomic E-state index is -2.57. The number of alkyl halides is 2. The molecule has 2 unspecified atom stereocenters. The molecule has 0 aromatic heterocycles. The lowest BCUT2D eigenvalue weighted by Crippen LogP contribution is -2.35. The van der Waals surface area contributed by atoms with Crippen molar-refractivity contribution in [3.8, 4) is 0 Å². The molecule has 86 valence electrons. The van der Waals surface area contributed by atoms with E-state index < -0.39 is 5.92 Å². The minimum absolute atomic E-state index is 0.0307. The largest absolute Gasteiger partial charge is 0.396 e. The Morgan fingerprint density at radius 2 is 2.20 bits per heavy atom. The van der Waals surface area contributed by atoms with E-state index in [1.807, 2.05) is 6.92 Å². The summed E-state index contributed by atoms with van der Waals surface area (Å²) in [6, 6.07) is 0. The summed E-state index contributed by atoms with van der Waals surface area (Å²) >= 11 is 0. The molecule has 0 aromatic rings. The predicted molar refractivity (Wildman–Crippen MR) is 54.8 cm³/mol. The molecule has 0 amide bonds. The van der Waals surface area contributed by atoms with Crippen molar-refractivity contribution in [2.75, 3.05) is 6.61 Å². The van der Waals surface area contributed by atoms with Crippen LogP contribution >= 0.6 is 0 Å². The Labute approximate surface area is 89.2 Å². The summed E-state index contributed by atoms with van der Waals surface area (Å²) < 4.78 is 27.2. The van der Waals surface area contributed by atoms with Crippen molar-refractivity contribution < 1.29 is 13.9 Å². The quantitative estimate of drug-likeness (QED) is 0.703. The molecule has 15 heavy (non-hydrogen) atoms. The average Bonchev–Trinajstić information content (AvgIpc) is 2.16. The van der Waals surface area contributed by atoms with Gasteiger partial charge < -0.3 is 5.11 Å². The van der Waals surface area contributed by atoms with Crippen LogP contribution in [0.25, 0.3) is 0 Å². The third-order valence-electron chi connectivity index (χ3n) is 4.00. The Bertz CT molecular complexity index is 283. The predicted octanol–water partition coefficient (Wildman–Crippen LogP) is 3.14. The van der Waals surface area contributed by atoms with Gasteiger partial charge in [-0.3, -0.25) is 0 Å². The molecule has 1 N–H and O–H groups in total. The van der Waals surface area contributed by atoms with Gasteiger partial charge in [0, 0.05) is 13.0 Å². The van der Waals surface area contributed by atoms with Crippen LogP contribution in [0.4, 0.5) is 8.78 Å². The highest BCUT2D eigenvalue weighted by molar-refractivity contribution is 5.33. The van der Waals surface area contributed by atoms with E-state index in [9.17, 15) is 8.78 Å². The number of allylic oxidation sites excluding steroid dienone is 2. The fourth-order valence-corrected chi connectivity index (χ4v) is 2.87. The van der Waals surface area contributed by atoms with Gasteiger partial charge in [-0.15, -0.1) is 0 Å². The van der Waals surface area contributed by atoms with Crippen molar-refractivity contribution in [3.63, 3.8) is 0 Å². The topological polar surface area (TPSA) is 20.2 Å². The maximum atomic E-state index is 13.6. The van der Waals surface area contributed by atoms with Gasteiger partial charge in [0.1, 0.15) is 0 Å². The lowest BCUT2D eigenvalue weighted by molar-refractivity contribution is 0.000291. The first-order valence-electron chi connectivity index (χ1n) is 5.73. The summed E-state index contributed by atoms with van der Waals surface area (Å²) in [5.74, 6) is -1.93. The van der Waals surface area contributed by atoms with Gasteiger partial charge in [-0.2, -0.15) is 0 Å². The summed E-state index contributed by atoms with van der Waals surface area (Å²) in [4.78, 5) is 0. The van der Waals surface area contributed by atoms with Crippen molar-refractivity contribution in [1.82, 2.24) is 0 Å². The van der Waals surface area contributed by atoms with Crippen LogP contribution in [-0.4, -0.2) is 17.6 Å². The van der Waals surface area contributed by atoms with Crippen molar-refractivity contribution in [2.24, 2.45) is 11.8 Å². The molecule has 0 aromatic carbocycles. The molecule has 0 heterocycles. The highest BCUT2D eigenvalue weighted by atomic mass is 19.3. The summed E-state index contributed by atoms with van der Waals surface area (Å²) in [7, 11) is 0. The van der Waals surface area contributed by atoms with E-state index in [1.165, 1.54) is 0 Å². The third kappa shape index (κ3) is 1.94. The van der Waals surface area contributed by atoms with Gasteiger partial charge in [-0.05, 0) is 50.0 Å². The highest BCUT2D eigenvalue weighted by Crippen LogP contribution is 2.51. The van der Waals surface area contributed by atoms with Crippen molar-refractivity contribution >= 4 is 0 Å². The number of halogens is 2. The first-order chi connectivity index (χ1) is 7.04. The second-order valence-electron chi connectivity index (χ2n) is 4.92. The molecular weight excluding hydrogens is 198 g/mol. The average molecular weight is 216 g/mol. The van der Waals surface area contributed by atoms with E-state index in [1.54, 1.807) is 0 Å². The van der Waals surface area contributed by atoms with Crippen LogP contribution in [0.15, 0.2) is 11.1 Å². The summed E-state index contributed by atoms with van der Waals surface area (Å²) in [5, 5.41) is 8.88. The van der Waals surface area contributed by atoms with Gasteiger partial charge in [-0.1, -0.05) is 5.57 Å². The Balaban J connectivity index is 2.13. The van der Waals surface area contributed by atoms with Crippen LogP contribution in [0.2, 0.25) is 0 Å². The van der Waals surface area contributed by atoms with Gasteiger partial charge in [0.25, 0.3) is 5.92 Å². The SMILES string of the molecule is CC1=C2CC1CC(CCO)CCC2(F)F. The van der Waals surface area contributed by atoms with Crippen molar-refractivity contribution in [2.45, 2.75) is 45.0 Å². The van der Waals surface area contributed by atoms with Crippen LogP contribution in [0, 0.1) is 11.8 Å². The highest BCUT2D eigenvalue weighted by Gasteiger charge is 2.45. The maximum Gasteiger partial charge on any atom is 0.269 e. The number of hydrogen-bond acceptors (Lipinski definition) is 1. The number of fused-ring (bicyclic) bond motifs is 4. The van der Waals surface area contributed by atoms with Crippen LogP contribution in [0.3, 0.4) is 0 Å². The van der Waals surface area contributed by atoms with Gasteiger partial charge in [0.15, 0.2) is 0 Å². The molecule has 0 radical (unpaired) electrons. The van der Waals surface area contributed by atoms with E-state index in [2.05, 4.69) is 0 Å². The fraction of sp³-hybridized carbons (Fsp3) is 0.833. The van der Waals surface area contributed by atoms with E-state index in [0.717, 1.165) is 12.0 Å². The number of rotatable bonds is 2. The van der Waals surface area contributed by atoms with E-state index in [-0.39, 0.29) is 18.9 Å². The molecule has 2 bridgehead atoms. The molecule has 3 heteroatoms. The first kappa shape index (κ1) is 11.1. The fourth-order valence-electron chi connectivity index (χ4n) is 2.87. The third-order valence-corrected chi connectivity index (χ3v) is 4.00. The minimum Gasteiger partial charge on any atom is -0.396 e. The molecule has 0 saturated heterocycles. The zero-order chi connectivity index (χ0) is 11.1. The molecule has 3 aliphatic carbocycles. The second-order valence-corrected chi connectivity index (χ2v) is 4.92. The van der Waals surface area contributed by atoms with Gasteiger partial charge in [-0.25, -0.2) is 8.78 Å². The van der Waals surface area contributed by atoms with Gasteiger partial charge in [0.05, 0.1) is 0 Å². The summed E-state index contributed by atoms with van der Waals surface area (Å²) in [5.41, 5.74) is 1.32. The van der Waals surface area contributed by atoms with Crippen LogP contribution in [0.5, 0.6) is 0 Å². The first-order valence-corrected chi connectivity index (χ1v) is 5.73. The zero-order valence-corrected chi connectivity index (χ0v) is 9.10. The molecule has 3 aliphatic rings. The molecule has 3 rings (SSSR count). The molecule has 1 fully saturated rings. The smallest absolute Gasteiger partial charge is 0.269 e. The van der Waals surface area contributed by atoms with Crippen LogP contribution in [-0.2, 0) is 0 Å². The second kappa shape index (κ2) is 3.85. The molecule has 0 spiro atoms. The lowest BCUT2D eigenvalue weighted by atomic mass is 9.67.